The molecule has 1 N–H and O–H groups in total. The van der Waals surface area contributed by atoms with E-state index in [-0.39, 0.29) is 17.2 Å². The highest BCUT2D eigenvalue weighted by Gasteiger charge is 2.34. The third kappa shape index (κ3) is 5.79. The fourth-order valence-corrected chi connectivity index (χ4v) is 5.09. The van der Waals surface area contributed by atoms with Gasteiger partial charge in [-0.15, -0.1) is 0 Å². The first-order valence-electron chi connectivity index (χ1n) is 7.29. The van der Waals surface area contributed by atoms with Crippen LogP contribution in [-0.4, -0.2) is 42.3 Å². The third-order valence-corrected chi connectivity index (χ3v) is 5.84. The van der Waals surface area contributed by atoms with Gasteiger partial charge >= 0.3 is 0 Å². The van der Waals surface area contributed by atoms with Gasteiger partial charge in [0.15, 0.2) is 0 Å². The van der Waals surface area contributed by atoms with Gasteiger partial charge in [0.2, 0.25) is 10.0 Å². The van der Waals surface area contributed by atoms with Crippen molar-refractivity contribution in [1.29, 1.82) is 0 Å². The van der Waals surface area contributed by atoms with Crippen LogP contribution in [0.2, 0.25) is 0 Å². The molecule has 5 heteroatoms. The lowest BCUT2D eigenvalue weighted by Gasteiger charge is -2.32. The van der Waals surface area contributed by atoms with Crippen molar-refractivity contribution < 1.29 is 13.5 Å². The summed E-state index contributed by atoms with van der Waals surface area (Å²) in [5.41, 5.74) is -0.236. The Labute approximate surface area is 118 Å². The molecular formula is C14H29NO3S. The molecule has 2 unspecified atom stereocenters. The van der Waals surface area contributed by atoms with Crippen LogP contribution in [0.15, 0.2) is 0 Å². The highest BCUT2D eigenvalue weighted by Crippen LogP contribution is 2.27. The largest absolute Gasteiger partial charge is 0.393 e. The fraction of sp³-hybridized carbons (Fsp3) is 1.00. The quantitative estimate of drug-likeness (QED) is 0.865. The fourth-order valence-electron chi connectivity index (χ4n) is 2.78. The Morgan fingerprint density at radius 1 is 1.26 bits per heavy atom. The first kappa shape index (κ1) is 16.9. The molecule has 1 rings (SSSR count). The minimum atomic E-state index is -3.24. The normalized spacial score (nSPS) is 25.0. The number of hydrogen-bond acceptors (Lipinski definition) is 3. The lowest BCUT2D eigenvalue weighted by Crippen LogP contribution is -2.44. The second-order valence-corrected chi connectivity index (χ2v) is 8.94. The Hall–Kier alpha value is -0.130. The molecule has 1 aliphatic heterocycles. The van der Waals surface area contributed by atoms with Gasteiger partial charge in [-0.1, -0.05) is 33.6 Å². The Kier molecular flexibility index (Phi) is 5.83. The van der Waals surface area contributed by atoms with Crippen LogP contribution in [-0.2, 0) is 10.0 Å². The highest BCUT2D eigenvalue weighted by atomic mass is 32.2. The molecule has 1 aliphatic rings. The van der Waals surface area contributed by atoms with E-state index in [9.17, 15) is 13.5 Å². The van der Waals surface area contributed by atoms with Crippen LogP contribution >= 0.6 is 0 Å². The molecule has 2 atom stereocenters. The summed E-state index contributed by atoms with van der Waals surface area (Å²) in [6.07, 6.45) is 4.03. The number of aliphatic hydroxyl groups excluding tert-OH is 1. The first-order valence-corrected chi connectivity index (χ1v) is 8.90. The predicted molar refractivity (Wildman–Crippen MR) is 78.5 cm³/mol. The van der Waals surface area contributed by atoms with E-state index in [1.165, 1.54) is 0 Å². The van der Waals surface area contributed by atoms with E-state index in [0.717, 1.165) is 25.7 Å². The van der Waals surface area contributed by atoms with Crippen LogP contribution in [0.5, 0.6) is 0 Å². The van der Waals surface area contributed by atoms with E-state index in [4.69, 9.17) is 0 Å². The van der Waals surface area contributed by atoms with Crippen molar-refractivity contribution in [3.63, 3.8) is 0 Å². The molecule has 0 saturated carbocycles. The van der Waals surface area contributed by atoms with Crippen molar-refractivity contribution in [3.05, 3.63) is 0 Å². The first-order chi connectivity index (χ1) is 8.62. The molecule has 4 nitrogen and oxygen atoms in total. The van der Waals surface area contributed by atoms with Gasteiger partial charge in [0.05, 0.1) is 11.9 Å². The highest BCUT2D eigenvalue weighted by molar-refractivity contribution is 7.89. The van der Waals surface area contributed by atoms with Gasteiger partial charge in [0.25, 0.3) is 0 Å². The summed E-state index contributed by atoms with van der Waals surface area (Å²) in [4.78, 5) is 0. The Morgan fingerprint density at radius 3 is 2.42 bits per heavy atom. The summed E-state index contributed by atoms with van der Waals surface area (Å²) in [5, 5.41) is 9.59. The molecule has 0 aromatic carbocycles. The molecule has 0 aromatic rings. The molecule has 19 heavy (non-hydrogen) atoms. The summed E-state index contributed by atoms with van der Waals surface area (Å²) in [7, 11) is -3.24. The van der Waals surface area contributed by atoms with E-state index in [1.807, 2.05) is 20.8 Å². The molecule has 1 fully saturated rings. The lowest BCUT2D eigenvalue weighted by molar-refractivity contribution is 0.146. The summed E-state index contributed by atoms with van der Waals surface area (Å²) < 4.78 is 26.8. The molecule has 114 valence electrons. The van der Waals surface area contributed by atoms with Gasteiger partial charge < -0.3 is 5.11 Å². The van der Waals surface area contributed by atoms with Crippen LogP contribution in [0, 0.1) is 5.41 Å². The maximum Gasteiger partial charge on any atom is 0.214 e. The smallest absolute Gasteiger partial charge is 0.214 e. The molecular weight excluding hydrogens is 262 g/mol. The van der Waals surface area contributed by atoms with Gasteiger partial charge in [-0.2, -0.15) is 4.31 Å². The minimum Gasteiger partial charge on any atom is -0.393 e. The Bertz CT molecular complexity index is 371. The summed E-state index contributed by atoms with van der Waals surface area (Å²) in [6, 6.07) is -0.0325. The van der Waals surface area contributed by atoms with Gasteiger partial charge in [-0.3, -0.25) is 0 Å². The summed E-state index contributed by atoms with van der Waals surface area (Å²) in [5.74, 6) is 0.177. The zero-order chi connectivity index (χ0) is 14.7. The molecule has 0 aliphatic carbocycles. The Morgan fingerprint density at radius 2 is 1.89 bits per heavy atom. The molecule has 0 aromatic heterocycles. The summed E-state index contributed by atoms with van der Waals surface area (Å²) in [6.45, 7) is 8.19. The molecule has 1 saturated heterocycles. The van der Waals surface area contributed by atoms with Crippen molar-refractivity contribution in [2.75, 3.05) is 12.3 Å². The van der Waals surface area contributed by atoms with Crippen molar-refractivity contribution in [2.24, 2.45) is 5.41 Å². The SMILES string of the molecule is CC(O)CC1CCCCCN1S(=O)(=O)CC(C)(C)C. The maximum absolute atomic E-state index is 12.6. The van der Waals surface area contributed by atoms with Crippen LogP contribution in [0.4, 0.5) is 0 Å². The standard InChI is InChI=1S/C14H29NO3S/c1-12(16)10-13-8-6-5-7-9-15(13)19(17,18)11-14(2,3)4/h12-13,16H,5-11H2,1-4H3. The lowest BCUT2D eigenvalue weighted by atomic mass is 10.0. The third-order valence-electron chi connectivity index (χ3n) is 3.41. The number of hydrogen-bond donors (Lipinski definition) is 1. The molecule has 1 heterocycles. The number of aliphatic hydroxyl groups is 1. The zero-order valence-electron chi connectivity index (χ0n) is 12.7. The molecule has 0 spiro atoms. The van der Waals surface area contributed by atoms with E-state index in [0.29, 0.717) is 13.0 Å². The maximum atomic E-state index is 12.6. The van der Waals surface area contributed by atoms with Crippen LogP contribution in [0.1, 0.15) is 59.8 Å². The van der Waals surface area contributed by atoms with Gasteiger partial charge in [-0.05, 0) is 31.6 Å². The van der Waals surface area contributed by atoms with Crippen LogP contribution in [0.25, 0.3) is 0 Å². The number of sulfonamides is 1. The zero-order valence-corrected chi connectivity index (χ0v) is 13.5. The molecule has 0 radical (unpaired) electrons. The average molecular weight is 291 g/mol. The predicted octanol–water partition coefficient (Wildman–Crippen LogP) is 2.38. The van der Waals surface area contributed by atoms with Crippen LogP contribution in [0.3, 0.4) is 0 Å². The van der Waals surface area contributed by atoms with Crippen LogP contribution < -0.4 is 0 Å². The molecule has 0 amide bonds. The van der Waals surface area contributed by atoms with E-state index >= 15 is 0 Å². The number of rotatable bonds is 4. The monoisotopic (exact) mass is 291 g/mol. The van der Waals surface area contributed by atoms with Crippen molar-refractivity contribution >= 4 is 10.0 Å². The van der Waals surface area contributed by atoms with E-state index < -0.39 is 16.1 Å². The van der Waals surface area contributed by atoms with Gasteiger partial charge in [0, 0.05) is 12.6 Å². The van der Waals surface area contributed by atoms with E-state index in [2.05, 4.69) is 0 Å². The van der Waals surface area contributed by atoms with Crippen molar-refractivity contribution in [1.82, 2.24) is 4.31 Å². The van der Waals surface area contributed by atoms with Gasteiger partial charge in [-0.25, -0.2) is 8.42 Å². The minimum absolute atomic E-state index is 0.0325. The second-order valence-electron chi connectivity index (χ2n) is 7.02. The second kappa shape index (κ2) is 6.55. The topological polar surface area (TPSA) is 57.6 Å². The van der Waals surface area contributed by atoms with E-state index in [1.54, 1.807) is 11.2 Å². The molecule has 0 bridgehead atoms. The average Bonchev–Trinajstić information content (AvgIpc) is 2.38. The Balaban J connectivity index is 2.90. The summed E-state index contributed by atoms with van der Waals surface area (Å²) >= 11 is 0. The van der Waals surface area contributed by atoms with Gasteiger partial charge in [0.1, 0.15) is 0 Å². The van der Waals surface area contributed by atoms with Crippen molar-refractivity contribution in [3.8, 4) is 0 Å². The van der Waals surface area contributed by atoms with Crippen molar-refractivity contribution in [2.45, 2.75) is 71.9 Å². The number of nitrogens with zero attached hydrogens (tertiary/aromatic N) is 1.